The third-order valence-corrected chi connectivity index (χ3v) is 7.33. The van der Waals surface area contributed by atoms with Crippen molar-refractivity contribution in [2.75, 3.05) is 0 Å². The van der Waals surface area contributed by atoms with Crippen LogP contribution < -0.4 is 4.74 Å². The van der Waals surface area contributed by atoms with Crippen molar-refractivity contribution in [1.29, 1.82) is 0 Å². The third kappa shape index (κ3) is 5.02. The molecule has 0 amide bonds. The van der Waals surface area contributed by atoms with Gasteiger partial charge in [0.1, 0.15) is 18.1 Å². The lowest BCUT2D eigenvalue weighted by molar-refractivity contribution is -0.148. The van der Waals surface area contributed by atoms with Crippen LogP contribution in [-0.2, 0) is 18.1 Å². The van der Waals surface area contributed by atoms with Gasteiger partial charge in [-0.05, 0) is 31.4 Å². The van der Waals surface area contributed by atoms with Gasteiger partial charge in [-0.15, -0.1) is 0 Å². The van der Waals surface area contributed by atoms with Crippen LogP contribution in [0.5, 0.6) is 5.75 Å². The van der Waals surface area contributed by atoms with Crippen molar-refractivity contribution >= 4 is 27.5 Å². The molecule has 5 rings (SSSR count). The lowest BCUT2D eigenvalue weighted by atomic mass is 9.77. The summed E-state index contributed by atoms with van der Waals surface area (Å²) in [7, 11) is 0. The predicted octanol–water partition coefficient (Wildman–Crippen LogP) is 7.44. The highest BCUT2D eigenvalue weighted by molar-refractivity contribution is 9.08. The van der Waals surface area contributed by atoms with E-state index in [1.807, 2.05) is 30.3 Å². The molecule has 0 spiro atoms. The second kappa shape index (κ2) is 9.81. The zero-order valence-electron chi connectivity index (χ0n) is 19.6. The number of ether oxygens (including phenoxy) is 1. The Bertz CT molecular complexity index is 1410. The SMILES string of the molecule is CC1(O)CC(n2ncc(-c3onc(-c4cccc(OCc5ccccc5)c4Cl)c3CBr)c2C(F)(F)F)C1. The van der Waals surface area contributed by atoms with Gasteiger partial charge in [0.15, 0.2) is 11.5 Å². The first-order valence-electron chi connectivity index (χ1n) is 11.5. The third-order valence-electron chi connectivity index (χ3n) is 6.38. The highest BCUT2D eigenvalue weighted by Gasteiger charge is 2.47. The van der Waals surface area contributed by atoms with Crippen molar-refractivity contribution in [3.05, 3.63) is 76.6 Å². The number of hydrogen-bond donors (Lipinski definition) is 1. The topological polar surface area (TPSA) is 73.3 Å². The molecule has 2 aromatic heterocycles. The van der Waals surface area contributed by atoms with Gasteiger partial charge in [-0.25, -0.2) is 0 Å². The van der Waals surface area contributed by atoms with Gasteiger partial charge in [-0.3, -0.25) is 4.68 Å². The van der Waals surface area contributed by atoms with Crippen molar-refractivity contribution in [3.8, 4) is 28.3 Å². The van der Waals surface area contributed by atoms with Crippen molar-refractivity contribution in [3.63, 3.8) is 0 Å². The molecular weight excluding hydrogens is 575 g/mol. The van der Waals surface area contributed by atoms with Crippen LogP contribution in [0.25, 0.3) is 22.6 Å². The average Bonchev–Trinajstić information content (AvgIpc) is 3.46. The van der Waals surface area contributed by atoms with Gasteiger partial charge in [-0.1, -0.05) is 75.2 Å². The molecule has 1 saturated carbocycles. The molecule has 0 saturated heterocycles. The summed E-state index contributed by atoms with van der Waals surface area (Å²) in [5.41, 5.74) is -0.0537. The van der Waals surface area contributed by atoms with Crippen molar-refractivity contribution in [2.24, 2.45) is 0 Å². The summed E-state index contributed by atoms with van der Waals surface area (Å²) in [6.45, 7) is 1.88. The summed E-state index contributed by atoms with van der Waals surface area (Å²) >= 11 is 10.0. The van der Waals surface area contributed by atoms with Crippen molar-refractivity contribution < 1.29 is 27.5 Å². The Morgan fingerprint density at radius 2 is 1.89 bits per heavy atom. The molecule has 2 heterocycles. The number of aromatic nitrogens is 3. The van der Waals surface area contributed by atoms with Crippen LogP contribution >= 0.6 is 27.5 Å². The van der Waals surface area contributed by atoms with Gasteiger partial charge >= 0.3 is 6.18 Å². The molecule has 0 aliphatic heterocycles. The highest BCUT2D eigenvalue weighted by atomic mass is 79.9. The normalized spacial score (nSPS) is 19.6. The maximum absolute atomic E-state index is 14.2. The van der Waals surface area contributed by atoms with Crippen LogP contribution in [0.15, 0.2) is 59.3 Å². The van der Waals surface area contributed by atoms with Gasteiger partial charge in [-0.2, -0.15) is 18.3 Å². The Labute approximate surface area is 224 Å². The maximum atomic E-state index is 14.2. The van der Waals surface area contributed by atoms with Crippen LogP contribution in [0.3, 0.4) is 0 Å². The van der Waals surface area contributed by atoms with E-state index in [1.165, 1.54) is 0 Å². The van der Waals surface area contributed by atoms with Crippen LogP contribution in [0.2, 0.25) is 5.02 Å². The smallest absolute Gasteiger partial charge is 0.433 e. The first-order chi connectivity index (χ1) is 17.6. The standard InChI is InChI=1S/C26H22BrClF3N3O3/c1-25(35)10-16(11-25)34-24(26(29,30)31)19(13-32-34)23-18(12-27)22(33-37-23)17-8-5-9-20(21(17)28)36-14-15-6-3-2-4-7-15/h2-9,13,16,35H,10-12,14H2,1H3. The molecule has 1 fully saturated rings. The van der Waals surface area contributed by atoms with E-state index in [-0.39, 0.29) is 34.5 Å². The Kier molecular flexibility index (Phi) is 6.84. The minimum atomic E-state index is -4.70. The van der Waals surface area contributed by atoms with Gasteiger partial charge in [0, 0.05) is 16.5 Å². The van der Waals surface area contributed by atoms with E-state index < -0.39 is 23.5 Å². The molecule has 194 valence electrons. The van der Waals surface area contributed by atoms with Gasteiger partial charge < -0.3 is 14.4 Å². The second-order valence-corrected chi connectivity index (χ2v) is 10.2. The summed E-state index contributed by atoms with van der Waals surface area (Å²) in [5.74, 6) is 0.358. The van der Waals surface area contributed by atoms with Crippen LogP contribution in [0.4, 0.5) is 13.2 Å². The Morgan fingerprint density at radius 1 is 1.16 bits per heavy atom. The minimum Gasteiger partial charge on any atom is -0.487 e. The van der Waals surface area contributed by atoms with Crippen LogP contribution in [0.1, 0.15) is 42.6 Å². The molecule has 11 heteroatoms. The van der Waals surface area contributed by atoms with E-state index in [1.54, 1.807) is 25.1 Å². The zero-order chi connectivity index (χ0) is 26.4. The van der Waals surface area contributed by atoms with Gasteiger partial charge in [0.25, 0.3) is 0 Å². The summed E-state index contributed by atoms with van der Waals surface area (Å²) in [4.78, 5) is 0. The molecule has 1 aliphatic rings. The molecule has 0 atom stereocenters. The number of rotatable bonds is 7. The van der Waals surface area contributed by atoms with Gasteiger partial charge in [0.05, 0.1) is 28.4 Å². The molecule has 0 radical (unpaired) electrons. The molecule has 6 nitrogen and oxygen atoms in total. The lowest BCUT2D eigenvalue weighted by Crippen LogP contribution is -2.43. The van der Waals surface area contributed by atoms with Crippen LogP contribution in [0, 0.1) is 0 Å². The van der Waals surface area contributed by atoms with Crippen molar-refractivity contribution in [2.45, 2.75) is 49.5 Å². The van der Waals surface area contributed by atoms with E-state index in [4.69, 9.17) is 20.9 Å². The Balaban J connectivity index is 1.51. The zero-order valence-corrected chi connectivity index (χ0v) is 21.9. The quantitative estimate of drug-likeness (QED) is 0.225. The summed E-state index contributed by atoms with van der Waals surface area (Å²) in [5, 5.41) is 18.6. The van der Waals surface area contributed by atoms with E-state index in [0.29, 0.717) is 29.2 Å². The highest BCUT2D eigenvalue weighted by Crippen LogP contribution is 2.48. The second-order valence-electron chi connectivity index (χ2n) is 9.27. The monoisotopic (exact) mass is 595 g/mol. The summed E-state index contributed by atoms with van der Waals surface area (Å²) in [6.07, 6.45) is -3.22. The molecular formula is C26H22BrClF3N3O3. The Hall–Kier alpha value is -2.82. The maximum Gasteiger partial charge on any atom is 0.433 e. The number of alkyl halides is 4. The first kappa shape index (κ1) is 25.8. The molecule has 2 aromatic carbocycles. The fourth-order valence-corrected chi connectivity index (χ4v) is 5.40. The van der Waals surface area contributed by atoms with E-state index >= 15 is 0 Å². The average molecular weight is 597 g/mol. The largest absolute Gasteiger partial charge is 0.487 e. The van der Waals surface area contributed by atoms with Crippen LogP contribution in [-0.4, -0.2) is 25.6 Å². The first-order valence-corrected chi connectivity index (χ1v) is 13.0. The fourth-order valence-electron chi connectivity index (χ4n) is 4.61. The molecule has 0 bridgehead atoms. The van der Waals surface area contributed by atoms with E-state index in [2.05, 4.69) is 26.2 Å². The number of hydrogen-bond acceptors (Lipinski definition) is 5. The molecule has 1 N–H and O–H groups in total. The molecule has 0 unspecified atom stereocenters. The predicted molar refractivity (Wildman–Crippen MR) is 135 cm³/mol. The van der Waals surface area contributed by atoms with E-state index in [9.17, 15) is 18.3 Å². The fraction of sp³-hybridized carbons (Fsp3) is 0.308. The number of benzene rings is 2. The Morgan fingerprint density at radius 3 is 2.54 bits per heavy atom. The summed E-state index contributed by atoms with van der Waals surface area (Å²) < 4.78 is 55.0. The van der Waals surface area contributed by atoms with Crippen molar-refractivity contribution in [1.82, 2.24) is 14.9 Å². The molecule has 37 heavy (non-hydrogen) atoms. The minimum absolute atomic E-state index is 0.0526. The molecule has 1 aliphatic carbocycles. The summed E-state index contributed by atoms with van der Waals surface area (Å²) in [6, 6.07) is 14.1. The molecule has 4 aromatic rings. The lowest BCUT2D eigenvalue weighted by Gasteiger charge is -2.41. The van der Waals surface area contributed by atoms with Gasteiger partial charge in [0.2, 0.25) is 0 Å². The number of halogens is 5. The number of aliphatic hydroxyl groups is 1. The van der Waals surface area contributed by atoms with E-state index in [0.717, 1.165) is 16.4 Å². The number of nitrogens with zero attached hydrogens (tertiary/aromatic N) is 3.